The standard InChI is InChI=1S/C9H18N2OS/c1-2-8(10)9(12)11-5-7-3-4-13-6-7/h7-8H,2-6,10H2,1H3,(H,11,12). The van der Waals surface area contributed by atoms with Gasteiger partial charge in [-0.3, -0.25) is 4.79 Å². The molecule has 0 aromatic heterocycles. The van der Waals surface area contributed by atoms with Crippen molar-refractivity contribution in [2.45, 2.75) is 25.8 Å². The lowest BCUT2D eigenvalue weighted by molar-refractivity contribution is -0.122. The van der Waals surface area contributed by atoms with Gasteiger partial charge in [0, 0.05) is 6.54 Å². The number of carbonyl (C=O) groups excluding carboxylic acids is 1. The number of nitrogens with one attached hydrogen (secondary N) is 1. The van der Waals surface area contributed by atoms with Crippen molar-refractivity contribution in [1.29, 1.82) is 0 Å². The Morgan fingerprint density at radius 2 is 2.54 bits per heavy atom. The van der Waals surface area contributed by atoms with Crippen LogP contribution in [0.15, 0.2) is 0 Å². The summed E-state index contributed by atoms with van der Waals surface area (Å²) in [6, 6.07) is -0.325. The van der Waals surface area contributed by atoms with E-state index in [9.17, 15) is 4.79 Å². The van der Waals surface area contributed by atoms with E-state index < -0.39 is 0 Å². The molecule has 3 N–H and O–H groups in total. The average Bonchev–Trinajstić information content (AvgIpc) is 2.65. The molecule has 0 aromatic rings. The van der Waals surface area contributed by atoms with E-state index in [1.807, 2.05) is 18.7 Å². The summed E-state index contributed by atoms with van der Waals surface area (Å²) in [6.45, 7) is 2.73. The van der Waals surface area contributed by atoms with E-state index in [0.29, 0.717) is 12.3 Å². The largest absolute Gasteiger partial charge is 0.354 e. The van der Waals surface area contributed by atoms with Gasteiger partial charge >= 0.3 is 0 Å². The van der Waals surface area contributed by atoms with Crippen LogP contribution in [-0.4, -0.2) is 30.0 Å². The van der Waals surface area contributed by atoms with Gasteiger partial charge in [-0.15, -0.1) is 0 Å². The van der Waals surface area contributed by atoms with Crippen LogP contribution in [0.4, 0.5) is 0 Å². The minimum Gasteiger partial charge on any atom is -0.354 e. The number of amides is 1. The highest BCUT2D eigenvalue weighted by Crippen LogP contribution is 2.22. The molecule has 0 bridgehead atoms. The van der Waals surface area contributed by atoms with E-state index >= 15 is 0 Å². The summed E-state index contributed by atoms with van der Waals surface area (Å²) < 4.78 is 0. The minimum absolute atomic E-state index is 0.000556. The van der Waals surface area contributed by atoms with Gasteiger partial charge in [0.1, 0.15) is 0 Å². The summed E-state index contributed by atoms with van der Waals surface area (Å²) in [6.07, 6.45) is 1.94. The molecular weight excluding hydrogens is 184 g/mol. The summed E-state index contributed by atoms with van der Waals surface area (Å²) >= 11 is 1.97. The van der Waals surface area contributed by atoms with Crippen LogP contribution in [0.25, 0.3) is 0 Å². The van der Waals surface area contributed by atoms with E-state index in [0.717, 1.165) is 6.54 Å². The van der Waals surface area contributed by atoms with Gasteiger partial charge in [-0.05, 0) is 30.3 Å². The Balaban J connectivity index is 2.13. The summed E-state index contributed by atoms with van der Waals surface area (Å²) in [5.41, 5.74) is 5.58. The lowest BCUT2D eigenvalue weighted by Crippen LogP contribution is -2.42. The SMILES string of the molecule is CCC(N)C(=O)NCC1CCSC1. The number of nitrogens with two attached hydrogens (primary N) is 1. The van der Waals surface area contributed by atoms with E-state index in [1.54, 1.807) is 0 Å². The summed E-state index contributed by atoms with van der Waals surface area (Å²) in [4.78, 5) is 11.3. The lowest BCUT2D eigenvalue weighted by atomic mass is 10.1. The summed E-state index contributed by atoms with van der Waals surface area (Å²) in [5, 5.41) is 2.90. The predicted molar refractivity (Wildman–Crippen MR) is 56.7 cm³/mol. The van der Waals surface area contributed by atoms with Gasteiger partial charge in [-0.25, -0.2) is 0 Å². The molecule has 13 heavy (non-hydrogen) atoms. The van der Waals surface area contributed by atoms with Crippen LogP contribution in [0.5, 0.6) is 0 Å². The fourth-order valence-electron chi connectivity index (χ4n) is 1.31. The Morgan fingerprint density at radius 1 is 1.77 bits per heavy atom. The normalized spacial score (nSPS) is 24.3. The zero-order valence-electron chi connectivity index (χ0n) is 8.08. The van der Waals surface area contributed by atoms with Gasteiger partial charge < -0.3 is 11.1 Å². The number of carbonyl (C=O) groups is 1. The Bertz CT molecular complexity index is 169. The van der Waals surface area contributed by atoms with E-state index in [2.05, 4.69) is 5.32 Å². The molecule has 76 valence electrons. The monoisotopic (exact) mass is 202 g/mol. The van der Waals surface area contributed by atoms with Gasteiger partial charge in [-0.1, -0.05) is 6.92 Å². The lowest BCUT2D eigenvalue weighted by Gasteiger charge is -2.12. The fraction of sp³-hybridized carbons (Fsp3) is 0.889. The highest BCUT2D eigenvalue weighted by molar-refractivity contribution is 7.99. The molecule has 0 aromatic carbocycles. The molecule has 0 saturated carbocycles. The third-order valence-electron chi connectivity index (χ3n) is 2.37. The molecule has 0 spiro atoms. The third kappa shape index (κ3) is 3.56. The van der Waals surface area contributed by atoms with Gasteiger partial charge in [0.25, 0.3) is 0 Å². The second-order valence-corrected chi connectivity index (χ2v) is 4.64. The van der Waals surface area contributed by atoms with Crippen molar-refractivity contribution in [1.82, 2.24) is 5.32 Å². The molecule has 3 nitrogen and oxygen atoms in total. The Morgan fingerprint density at radius 3 is 3.08 bits per heavy atom. The first-order valence-electron chi connectivity index (χ1n) is 4.85. The molecule has 1 fully saturated rings. The molecule has 1 aliphatic heterocycles. The summed E-state index contributed by atoms with van der Waals surface area (Å²) in [5.74, 6) is 3.08. The van der Waals surface area contributed by atoms with Crippen LogP contribution in [0, 0.1) is 5.92 Å². The highest BCUT2D eigenvalue weighted by Gasteiger charge is 2.17. The predicted octanol–water partition coefficient (Wildman–Crippen LogP) is 0.593. The number of rotatable bonds is 4. The number of hydrogen-bond acceptors (Lipinski definition) is 3. The maximum absolute atomic E-state index is 11.3. The van der Waals surface area contributed by atoms with Gasteiger partial charge in [0.05, 0.1) is 6.04 Å². The Labute approximate surface area is 83.8 Å². The van der Waals surface area contributed by atoms with Crippen molar-refractivity contribution in [3.05, 3.63) is 0 Å². The molecule has 0 aliphatic carbocycles. The van der Waals surface area contributed by atoms with Crippen LogP contribution in [-0.2, 0) is 4.79 Å². The van der Waals surface area contributed by atoms with Crippen molar-refractivity contribution in [2.75, 3.05) is 18.1 Å². The number of hydrogen-bond donors (Lipinski definition) is 2. The highest BCUT2D eigenvalue weighted by atomic mass is 32.2. The van der Waals surface area contributed by atoms with Crippen molar-refractivity contribution in [3.63, 3.8) is 0 Å². The van der Waals surface area contributed by atoms with Gasteiger partial charge in [-0.2, -0.15) is 11.8 Å². The maximum atomic E-state index is 11.3. The molecule has 1 saturated heterocycles. The third-order valence-corrected chi connectivity index (χ3v) is 3.60. The molecule has 2 unspecified atom stereocenters. The molecule has 1 heterocycles. The Kier molecular flexibility index (Phi) is 4.59. The number of thioether (sulfide) groups is 1. The molecule has 4 heteroatoms. The molecule has 1 aliphatic rings. The fourth-order valence-corrected chi connectivity index (χ4v) is 2.59. The Hall–Kier alpha value is -0.220. The first-order valence-corrected chi connectivity index (χ1v) is 6.00. The van der Waals surface area contributed by atoms with Crippen molar-refractivity contribution in [2.24, 2.45) is 11.7 Å². The quantitative estimate of drug-likeness (QED) is 0.701. The van der Waals surface area contributed by atoms with Crippen LogP contribution in [0.3, 0.4) is 0 Å². The minimum atomic E-state index is -0.325. The van der Waals surface area contributed by atoms with E-state index in [-0.39, 0.29) is 11.9 Å². The topological polar surface area (TPSA) is 55.1 Å². The zero-order valence-corrected chi connectivity index (χ0v) is 8.90. The molecule has 0 radical (unpaired) electrons. The smallest absolute Gasteiger partial charge is 0.236 e. The summed E-state index contributed by atoms with van der Waals surface area (Å²) in [7, 11) is 0. The molecule has 1 amide bonds. The molecular formula is C9H18N2OS. The van der Waals surface area contributed by atoms with Crippen LogP contribution in [0.1, 0.15) is 19.8 Å². The zero-order chi connectivity index (χ0) is 9.68. The average molecular weight is 202 g/mol. The van der Waals surface area contributed by atoms with Crippen molar-refractivity contribution < 1.29 is 4.79 Å². The molecule has 1 rings (SSSR count). The maximum Gasteiger partial charge on any atom is 0.236 e. The second kappa shape index (κ2) is 5.50. The van der Waals surface area contributed by atoms with Crippen LogP contribution < -0.4 is 11.1 Å². The van der Waals surface area contributed by atoms with E-state index in [4.69, 9.17) is 5.73 Å². The van der Waals surface area contributed by atoms with Crippen molar-refractivity contribution >= 4 is 17.7 Å². The van der Waals surface area contributed by atoms with Gasteiger partial charge in [0.2, 0.25) is 5.91 Å². The second-order valence-electron chi connectivity index (χ2n) is 3.49. The first kappa shape index (κ1) is 10.9. The van der Waals surface area contributed by atoms with E-state index in [1.165, 1.54) is 17.9 Å². The van der Waals surface area contributed by atoms with Crippen LogP contribution >= 0.6 is 11.8 Å². The van der Waals surface area contributed by atoms with Crippen molar-refractivity contribution in [3.8, 4) is 0 Å². The van der Waals surface area contributed by atoms with Crippen LogP contribution in [0.2, 0.25) is 0 Å². The van der Waals surface area contributed by atoms with Gasteiger partial charge in [0.15, 0.2) is 0 Å². The first-order chi connectivity index (χ1) is 6.24. The molecule has 2 atom stereocenters.